The molecule has 0 bridgehead atoms. The number of nitrogens with zero attached hydrogens (tertiary/aromatic N) is 5. The molecule has 128 valence electrons. The largest absolute Gasteiger partial charge is 0.302 e. The van der Waals surface area contributed by atoms with E-state index < -0.39 is 12.2 Å². The summed E-state index contributed by atoms with van der Waals surface area (Å²) < 4.78 is 28.6. The topological polar surface area (TPSA) is 56.5 Å². The van der Waals surface area contributed by atoms with Crippen LogP contribution in [0, 0.1) is 0 Å². The van der Waals surface area contributed by atoms with Crippen LogP contribution in [0.5, 0.6) is 0 Å². The van der Waals surface area contributed by atoms with Gasteiger partial charge in [0, 0.05) is 17.3 Å². The number of alkyl halides is 2. The predicted molar refractivity (Wildman–Crippen MR) is 88.9 cm³/mol. The number of halogens is 2. The summed E-state index contributed by atoms with van der Waals surface area (Å²) in [6, 6.07) is 7.67. The van der Waals surface area contributed by atoms with E-state index in [0.717, 1.165) is 42.1 Å². The van der Waals surface area contributed by atoms with Crippen molar-refractivity contribution in [3.8, 4) is 0 Å². The summed E-state index contributed by atoms with van der Waals surface area (Å²) in [5.41, 5.74) is 0.523. The fourth-order valence-corrected chi connectivity index (χ4v) is 4.00. The van der Waals surface area contributed by atoms with Crippen LogP contribution in [0.1, 0.15) is 55.7 Å². The van der Waals surface area contributed by atoms with Crippen molar-refractivity contribution in [2.75, 3.05) is 0 Å². The Morgan fingerprint density at radius 2 is 1.84 bits per heavy atom. The van der Waals surface area contributed by atoms with Gasteiger partial charge < -0.3 is 4.57 Å². The highest BCUT2D eigenvalue weighted by atomic mass is 32.2. The molecule has 0 spiro atoms. The van der Waals surface area contributed by atoms with Crippen molar-refractivity contribution in [2.45, 2.75) is 54.3 Å². The van der Waals surface area contributed by atoms with Crippen molar-refractivity contribution in [1.82, 2.24) is 24.7 Å². The van der Waals surface area contributed by atoms with E-state index in [1.54, 1.807) is 12.1 Å². The SMILES string of the molecule is FC(F)c1nc(Sc2nnc(C3CC3)n2C2CC2)c2ccccc2n1. The van der Waals surface area contributed by atoms with Crippen LogP contribution in [0.15, 0.2) is 34.4 Å². The lowest BCUT2D eigenvalue weighted by Gasteiger charge is -2.10. The molecular formula is C17H15F2N5S. The number of hydrogen-bond donors (Lipinski definition) is 0. The first-order valence-electron chi connectivity index (χ1n) is 8.38. The summed E-state index contributed by atoms with van der Waals surface area (Å²) in [6.45, 7) is 0. The van der Waals surface area contributed by atoms with Crippen molar-refractivity contribution in [3.05, 3.63) is 35.9 Å². The van der Waals surface area contributed by atoms with Gasteiger partial charge in [-0.2, -0.15) is 0 Å². The Morgan fingerprint density at radius 1 is 1.04 bits per heavy atom. The van der Waals surface area contributed by atoms with E-state index in [0.29, 0.717) is 22.5 Å². The van der Waals surface area contributed by atoms with Gasteiger partial charge in [-0.15, -0.1) is 10.2 Å². The Labute approximate surface area is 146 Å². The molecule has 8 heteroatoms. The number of fused-ring (bicyclic) bond motifs is 1. The Hall–Kier alpha value is -2.09. The minimum Gasteiger partial charge on any atom is -0.302 e. The summed E-state index contributed by atoms with van der Waals surface area (Å²) in [7, 11) is 0. The van der Waals surface area contributed by atoms with Crippen molar-refractivity contribution in [3.63, 3.8) is 0 Å². The second kappa shape index (κ2) is 5.72. The van der Waals surface area contributed by atoms with Gasteiger partial charge in [-0.3, -0.25) is 0 Å². The molecule has 5 nitrogen and oxygen atoms in total. The molecule has 5 rings (SSSR count). The highest BCUT2D eigenvalue weighted by Gasteiger charge is 2.36. The van der Waals surface area contributed by atoms with Gasteiger partial charge in [-0.1, -0.05) is 18.2 Å². The summed E-state index contributed by atoms with van der Waals surface area (Å²) in [4.78, 5) is 8.08. The van der Waals surface area contributed by atoms with Gasteiger partial charge in [0.15, 0.2) is 11.0 Å². The molecule has 2 aromatic heterocycles. The third-order valence-electron chi connectivity index (χ3n) is 4.51. The summed E-state index contributed by atoms with van der Waals surface area (Å²) in [6.07, 6.45) is 1.85. The Balaban J connectivity index is 1.60. The highest BCUT2D eigenvalue weighted by Crippen LogP contribution is 2.47. The Kier molecular flexibility index (Phi) is 3.48. The molecule has 0 atom stereocenters. The smallest absolute Gasteiger partial charge is 0.297 e. The van der Waals surface area contributed by atoms with E-state index in [-0.39, 0.29) is 0 Å². The second-order valence-electron chi connectivity index (χ2n) is 6.52. The number of para-hydroxylation sites is 1. The zero-order valence-electron chi connectivity index (χ0n) is 13.3. The number of aromatic nitrogens is 5. The Morgan fingerprint density at radius 3 is 2.56 bits per heavy atom. The average molecular weight is 359 g/mol. The molecule has 2 aliphatic rings. The lowest BCUT2D eigenvalue weighted by Crippen LogP contribution is -2.03. The molecular weight excluding hydrogens is 344 g/mol. The summed E-state index contributed by atoms with van der Waals surface area (Å²) >= 11 is 1.31. The van der Waals surface area contributed by atoms with Crippen LogP contribution < -0.4 is 0 Å². The molecule has 25 heavy (non-hydrogen) atoms. The second-order valence-corrected chi connectivity index (χ2v) is 7.48. The van der Waals surface area contributed by atoms with Crippen LogP contribution in [-0.4, -0.2) is 24.7 Å². The molecule has 2 heterocycles. The van der Waals surface area contributed by atoms with Gasteiger partial charge >= 0.3 is 0 Å². The molecule has 0 amide bonds. The minimum atomic E-state index is -2.70. The summed E-state index contributed by atoms with van der Waals surface area (Å²) in [5, 5.41) is 10.7. The van der Waals surface area contributed by atoms with Crippen molar-refractivity contribution >= 4 is 22.7 Å². The van der Waals surface area contributed by atoms with Crippen LogP contribution in [0.2, 0.25) is 0 Å². The first kappa shape index (κ1) is 15.2. The van der Waals surface area contributed by atoms with Gasteiger partial charge in [0.1, 0.15) is 10.9 Å². The molecule has 3 aromatic rings. The Bertz CT molecular complexity index is 949. The molecule has 2 saturated carbocycles. The van der Waals surface area contributed by atoms with Crippen LogP contribution in [0.3, 0.4) is 0 Å². The first-order valence-corrected chi connectivity index (χ1v) is 9.20. The zero-order chi connectivity index (χ0) is 17.0. The highest BCUT2D eigenvalue weighted by molar-refractivity contribution is 7.99. The molecule has 2 aliphatic carbocycles. The monoisotopic (exact) mass is 359 g/mol. The van der Waals surface area contributed by atoms with Gasteiger partial charge in [0.25, 0.3) is 6.43 Å². The van der Waals surface area contributed by atoms with Gasteiger partial charge in [-0.05, 0) is 43.5 Å². The maximum atomic E-state index is 13.2. The maximum Gasteiger partial charge on any atom is 0.297 e. The van der Waals surface area contributed by atoms with E-state index in [1.807, 2.05) is 12.1 Å². The van der Waals surface area contributed by atoms with Crippen LogP contribution >= 0.6 is 11.8 Å². The van der Waals surface area contributed by atoms with Gasteiger partial charge in [0.05, 0.1) is 5.52 Å². The van der Waals surface area contributed by atoms with E-state index in [9.17, 15) is 8.78 Å². The molecule has 1 aromatic carbocycles. The maximum absolute atomic E-state index is 13.2. The fourth-order valence-electron chi connectivity index (χ4n) is 2.98. The zero-order valence-corrected chi connectivity index (χ0v) is 14.1. The first-order chi connectivity index (χ1) is 12.2. The van der Waals surface area contributed by atoms with Crippen molar-refractivity contribution < 1.29 is 8.78 Å². The third kappa shape index (κ3) is 2.78. The minimum absolute atomic E-state index is 0.441. The van der Waals surface area contributed by atoms with Gasteiger partial charge in [-0.25, -0.2) is 18.7 Å². The third-order valence-corrected chi connectivity index (χ3v) is 5.48. The lowest BCUT2D eigenvalue weighted by atomic mass is 10.2. The average Bonchev–Trinajstić information content (AvgIpc) is 3.54. The van der Waals surface area contributed by atoms with Crippen molar-refractivity contribution in [1.29, 1.82) is 0 Å². The fraction of sp³-hybridized carbons (Fsp3) is 0.412. The van der Waals surface area contributed by atoms with E-state index in [4.69, 9.17) is 0 Å². The number of rotatable bonds is 5. The van der Waals surface area contributed by atoms with E-state index in [1.165, 1.54) is 11.8 Å². The van der Waals surface area contributed by atoms with Crippen LogP contribution in [0.4, 0.5) is 8.78 Å². The van der Waals surface area contributed by atoms with Gasteiger partial charge in [0.2, 0.25) is 0 Å². The number of hydrogen-bond acceptors (Lipinski definition) is 5. The van der Waals surface area contributed by atoms with Crippen LogP contribution in [0.25, 0.3) is 10.9 Å². The molecule has 0 N–H and O–H groups in total. The van der Waals surface area contributed by atoms with Crippen molar-refractivity contribution in [2.24, 2.45) is 0 Å². The molecule has 0 unspecified atom stereocenters. The quantitative estimate of drug-likeness (QED) is 0.627. The number of benzene rings is 1. The van der Waals surface area contributed by atoms with E-state index >= 15 is 0 Å². The standard InChI is InChI=1S/C17H15F2N5S/c18-13(19)14-20-12-4-2-1-3-11(12)16(21-14)25-17-23-22-15(9-5-6-9)24(17)10-7-8-10/h1-4,9-10,13H,5-8H2. The normalized spacial score (nSPS) is 17.6. The molecule has 2 fully saturated rings. The van der Waals surface area contributed by atoms with Crippen LogP contribution in [-0.2, 0) is 0 Å². The molecule has 0 radical (unpaired) electrons. The van der Waals surface area contributed by atoms with E-state index in [2.05, 4.69) is 24.7 Å². The molecule has 0 aliphatic heterocycles. The molecule has 0 saturated heterocycles. The lowest BCUT2D eigenvalue weighted by molar-refractivity contribution is 0.140. The predicted octanol–water partition coefficient (Wildman–Crippen LogP) is 4.52. The summed E-state index contributed by atoms with van der Waals surface area (Å²) in [5.74, 6) is 1.10.